The van der Waals surface area contributed by atoms with Gasteiger partial charge in [0.25, 0.3) is 0 Å². The van der Waals surface area contributed by atoms with Crippen LogP contribution >= 0.6 is 0 Å². The second-order valence-electron chi connectivity index (χ2n) is 7.05. The van der Waals surface area contributed by atoms with Gasteiger partial charge in [-0.25, -0.2) is 0 Å². The highest BCUT2D eigenvalue weighted by molar-refractivity contribution is 4.73. The van der Waals surface area contributed by atoms with Crippen molar-refractivity contribution in [3.05, 3.63) is 0 Å². The van der Waals surface area contributed by atoms with Gasteiger partial charge in [-0.3, -0.25) is 0 Å². The highest BCUT2D eigenvalue weighted by atomic mass is 16.5. The van der Waals surface area contributed by atoms with E-state index in [1.807, 2.05) is 7.11 Å². The Bertz CT molecular complexity index is 199. The van der Waals surface area contributed by atoms with Crippen LogP contribution in [0.4, 0.5) is 0 Å². The lowest BCUT2D eigenvalue weighted by Gasteiger charge is -2.27. The predicted molar refractivity (Wildman–Crippen MR) is 81.0 cm³/mol. The molecule has 0 fully saturated rings. The summed E-state index contributed by atoms with van der Waals surface area (Å²) in [6.45, 7) is 15.8. The first-order valence-corrected chi connectivity index (χ1v) is 7.52. The number of ether oxygens (including phenoxy) is 1. The van der Waals surface area contributed by atoms with Gasteiger partial charge in [-0.2, -0.15) is 0 Å². The van der Waals surface area contributed by atoms with Gasteiger partial charge in [0.05, 0.1) is 5.60 Å². The summed E-state index contributed by atoms with van der Waals surface area (Å²) in [7, 11) is 1.81. The van der Waals surface area contributed by atoms with Crippen LogP contribution in [-0.2, 0) is 4.74 Å². The van der Waals surface area contributed by atoms with Gasteiger partial charge in [-0.15, -0.1) is 0 Å². The first-order chi connectivity index (χ1) is 8.26. The third-order valence-electron chi connectivity index (χ3n) is 3.50. The molecule has 0 aliphatic carbocycles. The second kappa shape index (κ2) is 8.92. The van der Waals surface area contributed by atoms with Crippen molar-refractivity contribution in [2.75, 3.05) is 20.2 Å². The van der Waals surface area contributed by atoms with Crippen molar-refractivity contribution < 1.29 is 4.74 Å². The monoisotopic (exact) mass is 257 g/mol. The lowest BCUT2D eigenvalue weighted by atomic mass is 9.89. The average molecular weight is 257 g/mol. The van der Waals surface area contributed by atoms with Crippen LogP contribution in [0.3, 0.4) is 0 Å². The Kier molecular flexibility index (Phi) is 8.89. The van der Waals surface area contributed by atoms with E-state index >= 15 is 0 Å². The Hall–Kier alpha value is -0.0800. The van der Waals surface area contributed by atoms with Crippen molar-refractivity contribution >= 4 is 0 Å². The highest BCUT2D eigenvalue weighted by Gasteiger charge is 2.19. The van der Waals surface area contributed by atoms with Crippen LogP contribution < -0.4 is 5.32 Å². The quantitative estimate of drug-likeness (QED) is 0.636. The molecule has 110 valence electrons. The Labute approximate surface area is 115 Å². The van der Waals surface area contributed by atoms with Gasteiger partial charge in [-0.1, -0.05) is 27.7 Å². The number of rotatable bonds is 10. The molecule has 0 heterocycles. The molecule has 0 spiro atoms. The summed E-state index contributed by atoms with van der Waals surface area (Å²) < 4.78 is 5.52. The van der Waals surface area contributed by atoms with Gasteiger partial charge < -0.3 is 10.1 Å². The van der Waals surface area contributed by atoms with Crippen molar-refractivity contribution in [1.82, 2.24) is 5.32 Å². The van der Waals surface area contributed by atoms with E-state index in [-0.39, 0.29) is 5.60 Å². The molecule has 0 saturated heterocycles. The number of hydrogen-bond acceptors (Lipinski definition) is 2. The second-order valence-corrected chi connectivity index (χ2v) is 7.05. The molecule has 0 aromatic heterocycles. The molecule has 1 atom stereocenters. The fourth-order valence-electron chi connectivity index (χ4n) is 2.20. The van der Waals surface area contributed by atoms with Crippen LogP contribution in [0, 0.1) is 17.8 Å². The Balaban J connectivity index is 4.06. The molecule has 0 bridgehead atoms. The summed E-state index contributed by atoms with van der Waals surface area (Å²) >= 11 is 0. The fourth-order valence-corrected chi connectivity index (χ4v) is 2.20. The topological polar surface area (TPSA) is 21.3 Å². The standard InChI is InChI=1S/C16H35NO/c1-13(2)10-15(12-17-11-14(3)4)8-9-16(5,6)18-7/h13-15,17H,8-12H2,1-7H3. The van der Waals surface area contributed by atoms with Gasteiger partial charge in [0.2, 0.25) is 0 Å². The van der Waals surface area contributed by atoms with Crippen LogP contribution in [0.5, 0.6) is 0 Å². The van der Waals surface area contributed by atoms with E-state index in [4.69, 9.17) is 4.74 Å². The molecule has 0 aliphatic heterocycles. The number of nitrogens with one attached hydrogen (secondary N) is 1. The van der Waals surface area contributed by atoms with Gasteiger partial charge in [0.15, 0.2) is 0 Å². The van der Waals surface area contributed by atoms with Crippen molar-refractivity contribution in [2.45, 2.75) is 66.4 Å². The van der Waals surface area contributed by atoms with Crippen LogP contribution in [-0.4, -0.2) is 25.8 Å². The summed E-state index contributed by atoms with van der Waals surface area (Å²) in [5.74, 6) is 2.29. The van der Waals surface area contributed by atoms with E-state index in [0.717, 1.165) is 37.3 Å². The molecule has 1 unspecified atom stereocenters. The van der Waals surface area contributed by atoms with E-state index in [2.05, 4.69) is 46.9 Å². The summed E-state index contributed by atoms with van der Waals surface area (Å²) in [6, 6.07) is 0. The van der Waals surface area contributed by atoms with Gasteiger partial charge in [-0.05, 0) is 64.0 Å². The summed E-state index contributed by atoms with van der Waals surface area (Å²) in [4.78, 5) is 0. The molecule has 2 nitrogen and oxygen atoms in total. The molecule has 0 radical (unpaired) electrons. The maximum atomic E-state index is 5.52. The molecular weight excluding hydrogens is 222 g/mol. The predicted octanol–water partition coefficient (Wildman–Crippen LogP) is 4.10. The summed E-state index contributed by atoms with van der Waals surface area (Å²) in [6.07, 6.45) is 3.71. The smallest absolute Gasteiger partial charge is 0.0622 e. The normalized spacial score (nSPS) is 14.5. The fraction of sp³-hybridized carbons (Fsp3) is 1.00. The molecule has 2 heteroatoms. The molecule has 0 rings (SSSR count). The van der Waals surface area contributed by atoms with Crippen LogP contribution in [0.25, 0.3) is 0 Å². The zero-order chi connectivity index (χ0) is 14.2. The van der Waals surface area contributed by atoms with Crippen LogP contribution in [0.15, 0.2) is 0 Å². The molecule has 0 aliphatic rings. The number of methoxy groups -OCH3 is 1. The minimum absolute atomic E-state index is 0.0211. The van der Waals surface area contributed by atoms with Gasteiger partial charge >= 0.3 is 0 Å². The molecule has 18 heavy (non-hydrogen) atoms. The molecule has 1 N–H and O–H groups in total. The molecular formula is C16H35NO. The molecule has 0 amide bonds. The summed E-state index contributed by atoms with van der Waals surface area (Å²) in [5.41, 5.74) is 0.0211. The minimum Gasteiger partial charge on any atom is -0.379 e. The Morgan fingerprint density at radius 3 is 2.06 bits per heavy atom. The average Bonchev–Trinajstić information content (AvgIpc) is 2.24. The third-order valence-corrected chi connectivity index (χ3v) is 3.50. The van der Waals surface area contributed by atoms with Crippen molar-refractivity contribution in [3.8, 4) is 0 Å². The van der Waals surface area contributed by atoms with Gasteiger partial charge in [0, 0.05) is 7.11 Å². The molecule has 0 aromatic rings. The molecule has 0 saturated carbocycles. The van der Waals surface area contributed by atoms with Crippen LogP contribution in [0.2, 0.25) is 0 Å². The Morgan fingerprint density at radius 2 is 1.61 bits per heavy atom. The number of hydrogen-bond donors (Lipinski definition) is 1. The first kappa shape index (κ1) is 17.9. The maximum absolute atomic E-state index is 5.52. The summed E-state index contributed by atoms with van der Waals surface area (Å²) in [5, 5.41) is 3.60. The minimum atomic E-state index is 0.0211. The third kappa shape index (κ3) is 9.90. The van der Waals surface area contributed by atoms with Crippen molar-refractivity contribution in [1.29, 1.82) is 0 Å². The maximum Gasteiger partial charge on any atom is 0.0622 e. The van der Waals surface area contributed by atoms with E-state index in [1.165, 1.54) is 12.8 Å². The van der Waals surface area contributed by atoms with Crippen molar-refractivity contribution in [3.63, 3.8) is 0 Å². The van der Waals surface area contributed by atoms with Crippen molar-refractivity contribution in [2.24, 2.45) is 17.8 Å². The van der Waals surface area contributed by atoms with Crippen LogP contribution in [0.1, 0.15) is 60.8 Å². The highest BCUT2D eigenvalue weighted by Crippen LogP contribution is 2.23. The van der Waals surface area contributed by atoms with E-state index in [1.54, 1.807) is 0 Å². The van der Waals surface area contributed by atoms with Gasteiger partial charge in [0.1, 0.15) is 0 Å². The largest absolute Gasteiger partial charge is 0.379 e. The zero-order valence-electron chi connectivity index (χ0n) is 13.7. The van der Waals surface area contributed by atoms with E-state index < -0.39 is 0 Å². The first-order valence-electron chi connectivity index (χ1n) is 7.52. The lowest BCUT2D eigenvalue weighted by molar-refractivity contribution is 0.00967. The zero-order valence-corrected chi connectivity index (χ0v) is 13.7. The van der Waals surface area contributed by atoms with E-state index in [0.29, 0.717) is 0 Å². The lowest BCUT2D eigenvalue weighted by Crippen LogP contribution is -2.30. The Morgan fingerprint density at radius 1 is 1.00 bits per heavy atom. The van der Waals surface area contributed by atoms with E-state index in [9.17, 15) is 0 Å². The SMILES string of the molecule is COC(C)(C)CCC(CNCC(C)C)CC(C)C. The molecule has 0 aromatic carbocycles.